The number of rotatable bonds is 5. The zero-order valence-corrected chi connectivity index (χ0v) is 14.6. The van der Waals surface area contributed by atoms with Crippen LogP contribution in [0.1, 0.15) is 26.7 Å². The molecule has 3 fully saturated rings. The van der Waals surface area contributed by atoms with Gasteiger partial charge in [0.1, 0.15) is 30.8 Å². The maximum absolute atomic E-state index is 12.6. The van der Waals surface area contributed by atoms with Crippen molar-refractivity contribution in [2.24, 2.45) is 5.92 Å². The Bertz CT molecular complexity index is 501. The molecule has 0 aromatic rings. The lowest BCUT2D eigenvalue weighted by Crippen LogP contribution is -2.62. The van der Waals surface area contributed by atoms with Crippen LogP contribution in [-0.4, -0.2) is 73.6 Å². The highest BCUT2D eigenvalue weighted by atomic mass is 16.6. The van der Waals surface area contributed by atoms with Gasteiger partial charge in [0.25, 0.3) is 0 Å². The maximum Gasteiger partial charge on any atom is 0.329 e. The molecular formula is C16H26N2O7. The Morgan fingerprint density at radius 2 is 2.16 bits per heavy atom. The first-order valence-electron chi connectivity index (χ1n) is 8.45. The van der Waals surface area contributed by atoms with E-state index in [0.29, 0.717) is 12.7 Å². The van der Waals surface area contributed by atoms with Gasteiger partial charge in [-0.1, -0.05) is 20.3 Å². The molecule has 3 saturated heterocycles. The van der Waals surface area contributed by atoms with Crippen LogP contribution in [0.25, 0.3) is 0 Å². The van der Waals surface area contributed by atoms with Gasteiger partial charge in [0, 0.05) is 13.5 Å². The van der Waals surface area contributed by atoms with Gasteiger partial charge < -0.3 is 29.4 Å². The Labute approximate surface area is 146 Å². The summed E-state index contributed by atoms with van der Waals surface area (Å²) in [6.07, 6.45) is -2.57. The Kier molecular flexibility index (Phi) is 6.88. The number of aldehydes is 1. The van der Waals surface area contributed by atoms with Gasteiger partial charge in [0.05, 0.1) is 12.6 Å². The Balaban J connectivity index is 2.36. The zero-order chi connectivity index (χ0) is 18.6. The van der Waals surface area contributed by atoms with Gasteiger partial charge in [-0.2, -0.15) is 0 Å². The fourth-order valence-electron chi connectivity index (χ4n) is 3.04. The second-order valence-corrected chi connectivity index (χ2v) is 6.41. The number of methoxy groups -OCH3 is 1. The highest BCUT2D eigenvalue weighted by Crippen LogP contribution is 2.22. The van der Waals surface area contributed by atoms with Crippen LogP contribution in [-0.2, 0) is 28.6 Å². The summed E-state index contributed by atoms with van der Waals surface area (Å²) in [6.45, 7) is 3.80. The lowest BCUT2D eigenvalue weighted by atomic mass is 9.96. The Morgan fingerprint density at radius 1 is 1.44 bits per heavy atom. The van der Waals surface area contributed by atoms with Crippen LogP contribution in [0.3, 0.4) is 0 Å². The van der Waals surface area contributed by atoms with Crippen molar-refractivity contribution < 1.29 is 33.7 Å². The van der Waals surface area contributed by atoms with Crippen molar-refractivity contribution in [2.45, 2.75) is 63.3 Å². The molecule has 0 aromatic heterocycles. The molecule has 3 aliphatic rings. The highest BCUT2D eigenvalue weighted by Gasteiger charge is 2.45. The molecule has 0 saturated carbocycles. The minimum Gasteiger partial charge on any atom is -0.455 e. The van der Waals surface area contributed by atoms with Crippen LogP contribution in [0.5, 0.6) is 0 Å². The van der Waals surface area contributed by atoms with E-state index in [1.165, 1.54) is 7.11 Å². The lowest BCUT2D eigenvalue weighted by Gasteiger charge is -2.40. The van der Waals surface area contributed by atoms with E-state index >= 15 is 0 Å². The van der Waals surface area contributed by atoms with E-state index in [2.05, 4.69) is 10.6 Å². The first-order valence-corrected chi connectivity index (χ1v) is 8.45. The van der Waals surface area contributed by atoms with Crippen LogP contribution in [0.4, 0.5) is 0 Å². The van der Waals surface area contributed by atoms with E-state index in [9.17, 15) is 19.5 Å². The van der Waals surface area contributed by atoms with Crippen molar-refractivity contribution in [3.8, 4) is 0 Å². The number of hydrogen-bond donors (Lipinski definition) is 3. The van der Waals surface area contributed by atoms with E-state index in [1.807, 2.05) is 13.8 Å². The number of aliphatic hydroxyl groups is 1. The molecule has 7 atom stereocenters. The van der Waals surface area contributed by atoms with Crippen molar-refractivity contribution in [2.75, 3.05) is 13.7 Å². The lowest BCUT2D eigenvalue weighted by molar-refractivity contribution is -0.218. The van der Waals surface area contributed by atoms with Gasteiger partial charge >= 0.3 is 5.97 Å². The van der Waals surface area contributed by atoms with E-state index in [1.54, 1.807) is 0 Å². The zero-order valence-electron chi connectivity index (χ0n) is 14.6. The predicted octanol–water partition coefficient (Wildman–Crippen LogP) is -1.28. The van der Waals surface area contributed by atoms with E-state index in [0.717, 1.165) is 0 Å². The second-order valence-electron chi connectivity index (χ2n) is 6.41. The quantitative estimate of drug-likeness (QED) is 0.316. The molecule has 0 spiro atoms. The number of amides is 1. The maximum atomic E-state index is 12.6. The fourth-order valence-corrected chi connectivity index (χ4v) is 3.04. The third-order valence-corrected chi connectivity index (χ3v) is 4.77. The summed E-state index contributed by atoms with van der Waals surface area (Å²) in [6, 6.07) is -1.80. The van der Waals surface area contributed by atoms with Crippen molar-refractivity contribution in [1.82, 2.24) is 10.6 Å². The fraction of sp³-hybridized carbons (Fsp3) is 0.812. The summed E-state index contributed by atoms with van der Waals surface area (Å²) in [5.74, 6) is -1.30. The van der Waals surface area contributed by atoms with Crippen molar-refractivity contribution in [1.29, 1.82) is 0 Å². The monoisotopic (exact) mass is 358 g/mol. The van der Waals surface area contributed by atoms with E-state index < -0.39 is 48.5 Å². The number of hydrogen-bond acceptors (Lipinski definition) is 8. The van der Waals surface area contributed by atoms with Gasteiger partial charge in [0.2, 0.25) is 5.91 Å². The first-order chi connectivity index (χ1) is 11.9. The molecule has 1 amide bonds. The number of ether oxygens (including phenoxy) is 3. The largest absolute Gasteiger partial charge is 0.455 e. The average molecular weight is 358 g/mol. The van der Waals surface area contributed by atoms with E-state index in [-0.39, 0.29) is 18.9 Å². The molecule has 3 unspecified atom stereocenters. The molecule has 2 bridgehead atoms. The highest BCUT2D eigenvalue weighted by molar-refractivity contribution is 5.89. The summed E-state index contributed by atoms with van der Waals surface area (Å²) < 4.78 is 16.2. The Morgan fingerprint density at radius 3 is 2.76 bits per heavy atom. The number of nitrogens with one attached hydrogen (secondary N) is 2. The molecule has 142 valence electrons. The minimum atomic E-state index is -1.13. The van der Waals surface area contributed by atoms with Crippen LogP contribution in [0.2, 0.25) is 0 Å². The third-order valence-electron chi connectivity index (χ3n) is 4.77. The normalized spacial score (nSPS) is 37.6. The van der Waals surface area contributed by atoms with Gasteiger partial charge in [-0.25, -0.2) is 4.79 Å². The number of carbonyl (C=O) groups is 3. The molecule has 3 N–H and O–H groups in total. The molecule has 0 aliphatic carbocycles. The van der Waals surface area contributed by atoms with Crippen LogP contribution >= 0.6 is 0 Å². The van der Waals surface area contributed by atoms with Crippen molar-refractivity contribution in [3.05, 3.63) is 0 Å². The number of carbonyl (C=O) groups excluding carboxylic acids is 3. The summed E-state index contributed by atoms with van der Waals surface area (Å²) >= 11 is 0. The smallest absolute Gasteiger partial charge is 0.329 e. The molecule has 9 nitrogen and oxygen atoms in total. The van der Waals surface area contributed by atoms with Crippen molar-refractivity contribution >= 4 is 18.2 Å². The topological polar surface area (TPSA) is 123 Å². The SMILES string of the molecule is CCC(C)C1N[C@@H]2OC[C@H](OC(=O)C(CC=O)NC1=O)[C@H](OC)[C@@H]2O. The van der Waals surface area contributed by atoms with E-state index in [4.69, 9.17) is 14.2 Å². The molecule has 9 heteroatoms. The summed E-state index contributed by atoms with van der Waals surface area (Å²) in [5, 5.41) is 16.1. The molecule has 0 aromatic carbocycles. The average Bonchev–Trinajstić information content (AvgIpc) is 2.62. The molecule has 25 heavy (non-hydrogen) atoms. The molecule has 3 aliphatic heterocycles. The second kappa shape index (κ2) is 8.70. The van der Waals surface area contributed by atoms with Crippen LogP contribution < -0.4 is 10.6 Å². The predicted molar refractivity (Wildman–Crippen MR) is 85.4 cm³/mol. The Hall–Kier alpha value is -1.55. The van der Waals surface area contributed by atoms with Crippen LogP contribution in [0.15, 0.2) is 0 Å². The first kappa shape index (κ1) is 19.8. The summed E-state index contributed by atoms with van der Waals surface area (Å²) in [7, 11) is 1.40. The van der Waals surface area contributed by atoms with Gasteiger partial charge in [-0.05, 0) is 5.92 Å². The van der Waals surface area contributed by atoms with Gasteiger partial charge in [-0.15, -0.1) is 0 Å². The van der Waals surface area contributed by atoms with Crippen molar-refractivity contribution in [3.63, 3.8) is 0 Å². The molecule has 0 radical (unpaired) electrons. The molecular weight excluding hydrogens is 332 g/mol. The summed E-state index contributed by atoms with van der Waals surface area (Å²) in [4.78, 5) is 35.9. The molecule has 3 heterocycles. The van der Waals surface area contributed by atoms with Gasteiger partial charge in [0.15, 0.2) is 6.10 Å². The number of fused-ring (bicyclic) bond motifs is 8. The van der Waals surface area contributed by atoms with Gasteiger partial charge in [-0.3, -0.25) is 10.1 Å². The van der Waals surface area contributed by atoms with Crippen LogP contribution in [0, 0.1) is 5.92 Å². The standard InChI is InChI=1S/C16H26N2O7/c1-4-8(2)11-14(21)17-9(5-6-19)16(22)25-10-7-24-15(18-11)12(20)13(10)23-3/h6,8-13,15,18,20H,4-5,7H2,1-3H3,(H,17,21)/t8?,9?,10-,11?,12-,13-,15+/m0/s1. The third kappa shape index (κ3) is 4.35. The minimum absolute atomic E-state index is 0.00813. The number of esters is 1. The molecule has 3 rings (SSSR count). The number of aliphatic hydroxyl groups excluding tert-OH is 1. The summed E-state index contributed by atoms with van der Waals surface area (Å²) in [5.41, 5.74) is 0.